The Bertz CT molecular complexity index is 380. The van der Waals surface area contributed by atoms with E-state index >= 15 is 0 Å². The molecule has 3 unspecified atom stereocenters. The van der Waals surface area contributed by atoms with Crippen molar-refractivity contribution in [1.29, 1.82) is 0 Å². The Balaban J connectivity index is 2.54. The third-order valence-electron chi connectivity index (χ3n) is 3.42. The Hall–Kier alpha value is -1.01. The zero-order valence-electron chi connectivity index (χ0n) is 12.5. The molecule has 6 heteroatoms. The summed E-state index contributed by atoms with van der Waals surface area (Å²) in [6.45, 7) is 4.11. The Labute approximate surface area is 125 Å². The highest BCUT2D eigenvalue weighted by Crippen LogP contribution is 2.18. The first-order chi connectivity index (χ1) is 9.62. The van der Waals surface area contributed by atoms with Gasteiger partial charge in [0.15, 0.2) is 0 Å². The Morgan fingerprint density at radius 2 is 2.30 bits per heavy atom. The maximum Gasteiger partial charge on any atom is 0.222 e. The van der Waals surface area contributed by atoms with Crippen LogP contribution < -0.4 is 5.32 Å². The van der Waals surface area contributed by atoms with Crippen LogP contribution in [0.1, 0.15) is 39.2 Å². The molecule has 0 aliphatic carbocycles. The number of imidazole rings is 1. The van der Waals surface area contributed by atoms with E-state index in [1.165, 1.54) is 0 Å². The molecule has 1 aromatic heterocycles. The van der Waals surface area contributed by atoms with Gasteiger partial charge in [-0.15, -0.1) is 0 Å². The molecule has 0 aliphatic rings. The van der Waals surface area contributed by atoms with E-state index in [1.54, 1.807) is 24.3 Å². The monoisotopic (exact) mass is 299 g/mol. The number of nitrogens with one attached hydrogen (secondary N) is 1. The molecule has 1 amide bonds. The lowest BCUT2D eigenvalue weighted by molar-refractivity contribution is -0.122. The fourth-order valence-electron chi connectivity index (χ4n) is 2.23. The minimum Gasteiger partial charge on any atom is -0.395 e. The number of carbonyl (C=O) groups is 1. The molecule has 0 saturated heterocycles. The standard InChI is InChI=1S/C14H25N3O2S/c1-4-5-12(17-7-6-15-10-17)8-14(19)16-11(2)13(9-18)20-3/h6-7,10-13,18H,4-5,8-9H2,1-3H3,(H,16,19). The lowest BCUT2D eigenvalue weighted by Crippen LogP contribution is -2.41. The van der Waals surface area contributed by atoms with Crippen LogP contribution in [0.25, 0.3) is 0 Å². The van der Waals surface area contributed by atoms with Crippen molar-refractivity contribution in [2.75, 3.05) is 12.9 Å². The molecule has 0 spiro atoms. The van der Waals surface area contributed by atoms with Crippen LogP contribution in [0.15, 0.2) is 18.7 Å². The van der Waals surface area contributed by atoms with E-state index in [4.69, 9.17) is 0 Å². The number of rotatable bonds is 9. The van der Waals surface area contributed by atoms with Crippen molar-refractivity contribution in [3.8, 4) is 0 Å². The van der Waals surface area contributed by atoms with Crippen LogP contribution in [0.5, 0.6) is 0 Å². The van der Waals surface area contributed by atoms with Crippen molar-refractivity contribution >= 4 is 17.7 Å². The average molecular weight is 299 g/mol. The fraction of sp³-hybridized carbons (Fsp3) is 0.714. The van der Waals surface area contributed by atoms with E-state index in [-0.39, 0.29) is 29.8 Å². The molecule has 0 fully saturated rings. The molecule has 5 nitrogen and oxygen atoms in total. The molecule has 0 radical (unpaired) electrons. The Morgan fingerprint density at radius 1 is 1.55 bits per heavy atom. The highest BCUT2D eigenvalue weighted by Gasteiger charge is 2.20. The van der Waals surface area contributed by atoms with Crippen LogP contribution in [-0.2, 0) is 4.79 Å². The number of carbonyl (C=O) groups excluding carboxylic acids is 1. The van der Waals surface area contributed by atoms with E-state index in [0.717, 1.165) is 12.8 Å². The number of aromatic nitrogens is 2. The number of thioether (sulfide) groups is 1. The highest BCUT2D eigenvalue weighted by atomic mass is 32.2. The second-order valence-corrected chi connectivity index (χ2v) is 6.05. The first kappa shape index (κ1) is 17.0. The van der Waals surface area contributed by atoms with Crippen LogP contribution in [0.4, 0.5) is 0 Å². The van der Waals surface area contributed by atoms with Gasteiger partial charge in [0.05, 0.1) is 12.9 Å². The quantitative estimate of drug-likeness (QED) is 0.730. The van der Waals surface area contributed by atoms with Crippen LogP contribution in [0.3, 0.4) is 0 Å². The van der Waals surface area contributed by atoms with Crippen molar-refractivity contribution in [1.82, 2.24) is 14.9 Å². The van der Waals surface area contributed by atoms with Gasteiger partial charge in [0.2, 0.25) is 5.91 Å². The van der Waals surface area contributed by atoms with E-state index in [9.17, 15) is 9.90 Å². The van der Waals surface area contributed by atoms with Gasteiger partial charge in [-0.2, -0.15) is 11.8 Å². The molecule has 1 aromatic rings. The zero-order chi connectivity index (χ0) is 15.0. The predicted octanol–water partition coefficient (Wildman–Crippen LogP) is 1.84. The second-order valence-electron chi connectivity index (χ2n) is 4.97. The smallest absolute Gasteiger partial charge is 0.222 e. The molecule has 1 rings (SSSR count). The first-order valence-electron chi connectivity index (χ1n) is 7.02. The number of hydrogen-bond acceptors (Lipinski definition) is 4. The molecule has 0 aliphatic heterocycles. The van der Waals surface area contributed by atoms with Crippen molar-refractivity contribution in [3.63, 3.8) is 0 Å². The van der Waals surface area contributed by atoms with Gasteiger partial charge in [0.1, 0.15) is 0 Å². The number of aliphatic hydroxyl groups excluding tert-OH is 1. The third-order valence-corrected chi connectivity index (χ3v) is 4.58. The molecule has 2 N–H and O–H groups in total. The molecule has 20 heavy (non-hydrogen) atoms. The van der Waals surface area contributed by atoms with Crippen LogP contribution in [0, 0.1) is 0 Å². The van der Waals surface area contributed by atoms with Crippen molar-refractivity contribution in [3.05, 3.63) is 18.7 Å². The first-order valence-corrected chi connectivity index (χ1v) is 8.31. The Kier molecular flexibility index (Phi) is 7.69. The molecule has 0 aromatic carbocycles. The summed E-state index contributed by atoms with van der Waals surface area (Å²) in [5.74, 6) is 0.0251. The highest BCUT2D eigenvalue weighted by molar-refractivity contribution is 7.99. The van der Waals surface area contributed by atoms with Gasteiger partial charge >= 0.3 is 0 Å². The number of amides is 1. The summed E-state index contributed by atoms with van der Waals surface area (Å²) in [6, 6.07) is 0.115. The lowest BCUT2D eigenvalue weighted by atomic mass is 10.1. The minimum absolute atomic E-state index is 0.0251. The van der Waals surface area contributed by atoms with Crippen molar-refractivity contribution in [2.45, 2.75) is 50.4 Å². The van der Waals surface area contributed by atoms with Gasteiger partial charge in [0.25, 0.3) is 0 Å². The fourth-order valence-corrected chi connectivity index (χ4v) is 2.86. The summed E-state index contributed by atoms with van der Waals surface area (Å²) in [6.07, 6.45) is 9.75. The maximum atomic E-state index is 12.1. The largest absolute Gasteiger partial charge is 0.395 e. The molecule has 114 valence electrons. The topological polar surface area (TPSA) is 67.2 Å². The summed E-state index contributed by atoms with van der Waals surface area (Å²) >= 11 is 1.57. The van der Waals surface area contributed by atoms with Crippen LogP contribution >= 0.6 is 11.8 Å². The summed E-state index contributed by atoms with van der Waals surface area (Å²) in [7, 11) is 0. The zero-order valence-corrected chi connectivity index (χ0v) is 13.3. The average Bonchev–Trinajstić information content (AvgIpc) is 2.93. The lowest BCUT2D eigenvalue weighted by Gasteiger charge is -2.23. The summed E-state index contributed by atoms with van der Waals surface area (Å²) in [5, 5.41) is 12.3. The van der Waals surface area contributed by atoms with Crippen LogP contribution in [-0.4, -0.2) is 44.7 Å². The summed E-state index contributed by atoms with van der Waals surface area (Å²) in [5.41, 5.74) is 0. The summed E-state index contributed by atoms with van der Waals surface area (Å²) < 4.78 is 1.99. The number of nitrogens with zero attached hydrogens (tertiary/aromatic N) is 2. The molecule has 0 bridgehead atoms. The third kappa shape index (κ3) is 5.17. The van der Waals surface area contributed by atoms with E-state index in [1.807, 2.05) is 23.9 Å². The van der Waals surface area contributed by atoms with Gasteiger partial charge in [-0.25, -0.2) is 4.98 Å². The van der Waals surface area contributed by atoms with Gasteiger partial charge < -0.3 is 15.0 Å². The summed E-state index contributed by atoms with van der Waals surface area (Å²) in [4.78, 5) is 16.2. The molecule has 0 saturated carbocycles. The predicted molar refractivity (Wildman–Crippen MR) is 82.8 cm³/mol. The minimum atomic E-state index is -0.0347. The molecule has 1 heterocycles. The van der Waals surface area contributed by atoms with Crippen LogP contribution in [0.2, 0.25) is 0 Å². The van der Waals surface area contributed by atoms with Crippen molar-refractivity contribution < 1.29 is 9.90 Å². The van der Waals surface area contributed by atoms with E-state index in [0.29, 0.717) is 6.42 Å². The maximum absolute atomic E-state index is 12.1. The Morgan fingerprint density at radius 3 is 2.80 bits per heavy atom. The number of aliphatic hydroxyl groups is 1. The van der Waals surface area contributed by atoms with Gasteiger partial charge in [-0.05, 0) is 19.6 Å². The van der Waals surface area contributed by atoms with Crippen molar-refractivity contribution in [2.24, 2.45) is 0 Å². The number of hydrogen-bond donors (Lipinski definition) is 2. The molecular formula is C14H25N3O2S. The SMILES string of the molecule is CCCC(CC(=O)NC(C)C(CO)SC)n1ccnc1. The van der Waals surface area contributed by atoms with Gasteiger partial charge in [-0.1, -0.05) is 13.3 Å². The normalized spacial score (nSPS) is 15.6. The van der Waals surface area contributed by atoms with Gasteiger partial charge in [0, 0.05) is 36.1 Å². The molecule has 3 atom stereocenters. The second kappa shape index (κ2) is 9.02. The van der Waals surface area contributed by atoms with E-state index < -0.39 is 0 Å². The van der Waals surface area contributed by atoms with Gasteiger partial charge in [-0.3, -0.25) is 4.79 Å². The van der Waals surface area contributed by atoms with E-state index in [2.05, 4.69) is 17.2 Å². The molecular weight excluding hydrogens is 274 g/mol.